The highest BCUT2D eigenvalue weighted by Crippen LogP contribution is 2.10. The Hall–Kier alpha value is -2.56. The number of hydrogen-bond donors (Lipinski definition) is 2. The van der Waals surface area contributed by atoms with Crippen LogP contribution in [0.5, 0.6) is 0 Å². The van der Waals surface area contributed by atoms with Gasteiger partial charge in [-0.3, -0.25) is 4.79 Å². The molecule has 0 aliphatic rings. The van der Waals surface area contributed by atoms with Crippen molar-refractivity contribution in [2.75, 3.05) is 0 Å². The van der Waals surface area contributed by atoms with Crippen molar-refractivity contribution in [2.45, 2.75) is 26.8 Å². The molecule has 0 atom stereocenters. The van der Waals surface area contributed by atoms with Gasteiger partial charge in [0.1, 0.15) is 11.3 Å². The molecule has 0 spiro atoms. The normalized spacial score (nSPS) is 11.0. The number of nitrogens with one attached hydrogen (secondary N) is 2. The minimum absolute atomic E-state index is 0.108. The number of amides is 1. The first kappa shape index (κ1) is 13.4. The first-order chi connectivity index (χ1) is 10.2. The summed E-state index contributed by atoms with van der Waals surface area (Å²) in [5.41, 5.74) is 4.54. The second-order valence-corrected chi connectivity index (χ2v) is 5.09. The van der Waals surface area contributed by atoms with Crippen molar-refractivity contribution in [3.63, 3.8) is 0 Å². The van der Waals surface area contributed by atoms with Crippen LogP contribution in [0.4, 0.5) is 0 Å². The molecule has 3 heterocycles. The number of aromatic amines is 1. The standard InChI is InChI=1S/C16H18N4O/c1-3-12-6-7-14(18-12)16(21)17-9-13-10-20-8-4-5-11(2)15(20)19-13/h4-8,10,18H,3,9H2,1-2H3,(H,17,21). The lowest BCUT2D eigenvalue weighted by molar-refractivity contribution is 0.0946. The van der Waals surface area contributed by atoms with Crippen molar-refractivity contribution in [1.29, 1.82) is 0 Å². The highest BCUT2D eigenvalue weighted by molar-refractivity contribution is 5.92. The predicted molar refractivity (Wildman–Crippen MR) is 81.3 cm³/mol. The van der Waals surface area contributed by atoms with Crippen LogP contribution in [0.25, 0.3) is 5.65 Å². The molecule has 0 saturated carbocycles. The summed E-state index contributed by atoms with van der Waals surface area (Å²) in [6.07, 6.45) is 4.78. The molecule has 0 saturated heterocycles. The van der Waals surface area contributed by atoms with Gasteiger partial charge in [0, 0.05) is 18.1 Å². The molecule has 5 nitrogen and oxygen atoms in total. The third kappa shape index (κ3) is 2.67. The number of carbonyl (C=O) groups is 1. The molecule has 2 N–H and O–H groups in total. The van der Waals surface area contributed by atoms with E-state index in [0.717, 1.165) is 29.0 Å². The monoisotopic (exact) mass is 282 g/mol. The second kappa shape index (κ2) is 5.44. The van der Waals surface area contributed by atoms with Gasteiger partial charge in [-0.15, -0.1) is 0 Å². The number of pyridine rings is 1. The average molecular weight is 282 g/mol. The highest BCUT2D eigenvalue weighted by atomic mass is 16.1. The number of aromatic nitrogens is 3. The Morgan fingerprint density at radius 1 is 1.38 bits per heavy atom. The molecule has 0 aliphatic heterocycles. The Morgan fingerprint density at radius 3 is 2.95 bits per heavy atom. The van der Waals surface area contributed by atoms with Gasteiger partial charge < -0.3 is 14.7 Å². The van der Waals surface area contributed by atoms with Gasteiger partial charge in [-0.25, -0.2) is 4.98 Å². The third-order valence-corrected chi connectivity index (χ3v) is 3.53. The molecule has 0 radical (unpaired) electrons. The van der Waals surface area contributed by atoms with Crippen molar-refractivity contribution < 1.29 is 4.79 Å². The molecule has 3 aromatic rings. The summed E-state index contributed by atoms with van der Waals surface area (Å²) < 4.78 is 1.97. The summed E-state index contributed by atoms with van der Waals surface area (Å²) in [7, 11) is 0. The van der Waals surface area contributed by atoms with Crippen molar-refractivity contribution in [2.24, 2.45) is 0 Å². The Labute approximate surface area is 123 Å². The number of H-pyrrole nitrogens is 1. The first-order valence-corrected chi connectivity index (χ1v) is 7.06. The fourth-order valence-electron chi connectivity index (χ4n) is 2.33. The summed E-state index contributed by atoms with van der Waals surface area (Å²) in [4.78, 5) is 19.7. The van der Waals surface area contributed by atoms with Gasteiger partial charge in [0.15, 0.2) is 0 Å². The maximum Gasteiger partial charge on any atom is 0.268 e. The predicted octanol–water partition coefficient (Wildman–Crippen LogP) is 2.46. The zero-order chi connectivity index (χ0) is 14.8. The van der Waals surface area contributed by atoms with E-state index >= 15 is 0 Å². The molecule has 5 heteroatoms. The van der Waals surface area contributed by atoms with E-state index in [9.17, 15) is 4.79 Å². The molecular weight excluding hydrogens is 264 g/mol. The molecular formula is C16H18N4O. The number of rotatable bonds is 4. The van der Waals surface area contributed by atoms with Gasteiger partial charge in [-0.2, -0.15) is 0 Å². The number of fused-ring (bicyclic) bond motifs is 1. The van der Waals surface area contributed by atoms with Crippen LogP contribution >= 0.6 is 0 Å². The smallest absolute Gasteiger partial charge is 0.268 e. The quantitative estimate of drug-likeness (QED) is 0.772. The van der Waals surface area contributed by atoms with Crippen LogP contribution in [0.3, 0.4) is 0 Å². The molecule has 21 heavy (non-hydrogen) atoms. The Morgan fingerprint density at radius 2 is 2.24 bits per heavy atom. The van der Waals surface area contributed by atoms with Crippen molar-refractivity contribution >= 4 is 11.6 Å². The van der Waals surface area contributed by atoms with E-state index < -0.39 is 0 Å². The summed E-state index contributed by atoms with van der Waals surface area (Å²) in [5, 5.41) is 2.89. The van der Waals surface area contributed by atoms with E-state index in [1.165, 1.54) is 0 Å². The SMILES string of the molecule is CCc1ccc(C(=O)NCc2cn3cccc(C)c3n2)[nH]1. The van der Waals surface area contributed by atoms with Gasteiger partial charge in [0.25, 0.3) is 5.91 Å². The molecule has 0 bridgehead atoms. The molecule has 0 aliphatic carbocycles. The fraction of sp³-hybridized carbons (Fsp3) is 0.250. The van der Waals surface area contributed by atoms with Crippen LogP contribution < -0.4 is 5.32 Å². The molecule has 108 valence electrons. The third-order valence-electron chi connectivity index (χ3n) is 3.53. The maximum atomic E-state index is 12.1. The Balaban J connectivity index is 1.71. The molecule has 1 amide bonds. The number of aryl methyl sites for hydroxylation is 2. The minimum Gasteiger partial charge on any atom is -0.354 e. The molecule has 3 aromatic heterocycles. The van der Waals surface area contributed by atoms with E-state index in [4.69, 9.17) is 0 Å². The lowest BCUT2D eigenvalue weighted by Crippen LogP contribution is -2.23. The van der Waals surface area contributed by atoms with Gasteiger partial charge in [-0.05, 0) is 37.1 Å². The number of nitrogens with zero attached hydrogens (tertiary/aromatic N) is 2. The van der Waals surface area contributed by atoms with E-state index in [0.29, 0.717) is 12.2 Å². The van der Waals surface area contributed by atoms with Gasteiger partial charge in [-0.1, -0.05) is 13.0 Å². The zero-order valence-electron chi connectivity index (χ0n) is 12.2. The van der Waals surface area contributed by atoms with Crippen molar-refractivity contribution in [3.05, 3.63) is 59.3 Å². The number of imidazole rings is 1. The fourth-order valence-corrected chi connectivity index (χ4v) is 2.33. The van der Waals surface area contributed by atoms with Gasteiger partial charge in [0.05, 0.1) is 12.2 Å². The van der Waals surface area contributed by atoms with Crippen LogP contribution in [0.2, 0.25) is 0 Å². The molecule has 0 aromatic carbocycles. The van der Waals surface area contributed by atoms with Crippen LogP contribution in [-0.4, -0.2) is 20.3 Å². The van der Waals surface area contributed by atoms with Crippen LogP contribution in [0.1, 0.15) is 34.4 Å². The summed E-state index contributed by atoms with van der Waals surface area (Å²) in [6, 6.07) is 7.75. The van der Waals surface area contributed by atoms with E-state index in [1.54, 1.807) is 0 Å². The van der Waals surface area contributed by atoms with Gasteiger partial charge >= 0.3 is 0 Å². The summed E-state index contributed by atoms with van der Waals surface area (Å²) >= 11 is 0. The van der Waals surface area contributed by atoms with Crippen LogP contribution in [0.15, 0.2) is 36.7 Å². The van der Waals surface area contributed by atoms with Gasteiger partial charge in [0.2, 0.25) is 0 Å². The second-order valence-electron chi connectivity index (χ2n) is 5.09. The lowest BCUT2D eigenvalue weighted by Gasteiger charge is -2.00. The summed E-state index contributed by atoms with van der Waals surface area (Å²) in [6.45, 7) is 4.49. The molecule has 0 fully saturated rings. The van der Waals surface area contributed by atoms with E-state index in [-0.39, 0.29) is 5.91 Å². The largest absolute Gasteiger partial charge is 0.354 e. The maximum absolute atomic E-state index is 12.1. The Kier molecular flexibility index (Phi) is 3.48. The number of hydrogen-bond acceptors (Lipinski definition) is 2. The van der Waals surface area contributed by atoms with E-state index in [1.807, 2.05) is 54.9 Å². The van der Waals surface area contributed by atoms with Crippen LogP contribution in [0, 0.1) is 6.92 Å². The molecule has 3 rings (SSSR count). The zero-order valence-corrected chi connectivity index (χ0v) is 12.2. The van der Waals surface area contributed by atoms with Crippen LogP contribution in [-0.2, 0) is 13.0 Å². The number of carbonyl (C=O) groups excluding carboxylic acids is 1. The summed E-state index contributed by atoms with van der Waals surface area (Å²) in [5.74, 6) is -0.108. The topological polar surface area (TPSA) is 62.2 Å². The highest BCUT2D eigenvalue weighted by Gasteiger charge is 2.09. The van der Waals surface area contributed by atoms with Crippen molar-refractivity contribution in [1.82, 2.24) is 19.7 Å². The first-order valence-electron chi connectivity index (χ1n) is 7.06. The van der Waals surface area contributed by atoms with E-state index in [2.05, 4.69) is 15.3 Å². The Bertz CT molecular complexity index is 785. The minimum atomic E-state index is -0.108. The average Bonchev–Trinajstić information content (AvgIpc) is 3.12. The van der Waals surface area contributed by atoms with Crippen molar-refractivity contribution in [3.8, 4) is 0 Å². The molecule has 0 unspecified atom stereocenters. The lowest BCUT2D eigenvalue weighted by atomic mass is 10.3.